The Morgan fingerprint density at radius 1 is 1.19 bits per heavy atom. The predicted octanol–water partition coefficient (Wildman–Crippen LogP) is 2.15. The van der Waals surface area contributed by atoms with Crippen LogP contribution in [-0.2, 0) is 14.3 Å². The van der Waals surface area contributed by atoms with E-state index >= 15 is 0 Å². The second-order valence-corrected chi connectivity index (χ2v) is 7.58. The Morgan fingerprint density at radius 2 is 1.81 bits per heavy atom. The van der Waals surface area contributed by atoms with E-state index < -0.39 is 11.6 Å². The average Bonchev–Trinajstić information content (AvgIpc) is 2.94. The highest BCUT2D eigenvalue weighted by molar-refractivity contribution is 5.87. The van der Waals surface area contributed by atoms with Gasteiger partial charge in [0.25, 0.3) is 0 Å². The third kappa shape index (κ3) is 4.68. The van der Waals surface area contributed by atoms with E-state index in [1.54, 1.807) is 18.7 Å². The fourth-order valence-corrected chi connectivity index (χ4v) is 3.77. The number of carbonyl (C=O) groups is 3. The summed E-state index contributed by atoms with van der Waals surface area (Å²) < 4.78 is 5.74. The number of likely N-dealkylation sites (tertiary alicyclic amines) is 1. The van der Waals surface area contributed by atoms with Crippen LogP contribution in [0.25, 0.3) is 0 Å². The first-order valence-corrected chi connectivity index (χ1v) is 9.90. The van der Waals surface area contributed by atoms with Crippen LogP contribution in [0.5, 0.6) is 0 Å². The zero-order chi connectivity index (χ0) is 19.3. The first kappa shape index (κ1) is 20.5. The molecular formula is C19H33N3O4. The van der Waals surface area contributed by atoms with E-state index in [0.717, 1.165) is 19.4 Å². The van der Waals surface area contributed by atoms with Crippen LogP contribution in [0.4, 0.5) is 4.79 Å². The Morgan fingerprint density at radius 3 is 2.35 bits per heavy atom. The number of hydrogen-bond donors (Lipinski definition) is 1. The molecule has 0 aromatic rings. The minimum Gasteiger partial charge on any atom is -0.441 e. The van der Waals surface area contributed by atoms with Gasteiger partial charge in [-0.3, -0.25) is 9.59 Å². The van der Waals surface area contributed by atoms with Gasteiger partial charge >= 0.3 is 6.09 Å². The van der Waals surface area contributed by atoms with Gasteiger partial charge in [-0.05, 0) is 12.8 Å². The van der Waals surface area contributed by atoms with Crippen molar-refractivity contribution in [3.63, 3.8) is 0 Å². The van der Waals surface area contributed by atoms with Gasteiger partial charge in [0.15, 0.2) is 0 Å². The Hall–Kier alpha value is -1.79. The molecule has 0 unspecified atom stereocenters. The van der Waals surface area contributed by atoms with E-state index in [1.807, 2.05) is 4.90 Å². The van der Waals surface area contributed by atoms with Crippen molar-refractivity contribution in [3.05, 3.63) is 0 Å². The van der Waals surface area contributed by atoms with Crippen LogP contribution in [0.1, 0.15) is 59.8 Å². The molecule has 2 aliphatic heterocycles. The molecule has 0 saturated carbocycles. The first-order valence-electron chi connectivity index (χ1n) is 9.90. The van der Waals surface area contributed by atoms with Crippen molar-refractivity contribution in [2.45, 2.75) is 71.4 Å². The highest BCUT2D eigenvalue weighted by atomic mass is 16.6. The van der Waals surface area contributed by atoms with Crippen molar-refractivity contribution >= 4 is 17.9 Å². The summed E-state index contributed by atoms with van der Waals surface area (Å²) in [4.78, 5) is 39.8. The fraction of sp³-hybridized carbons (Fsp3) is 0.842. The van der Waals surface area contributed by atoms with Gasteiger partial charge in [0, 0.05) is 38.9 Å². The Kier molecular flexibility index (Phi) is 6.89. The van der Waals surface area contributed by atoms with Crippen LogP contribution in [0, 0.1) is 5.92 Å². The minimum atomic E-state index is -0.519. The molecule has 0 radical (unpaired) electrons. The fourth-order valence-electron chi connectivity index (χ4n) is 3.77. The Bertz CT molecular complexity index is 525. The van der Waals surface area contributed by atoms with Gasteiger partial charge in [-0.15, -0.1) is 0 Å². The van der Waals surface area contributed by atoms with Crippen LogP contribution < -0.4 is 5.32 Å². The summed E-state index contributed by atoms with van der Waals surface area (Å²) in [5.74, 6) is 0.309. The van der Waals surface area contributed by atoms with Crippen molar-refractivity contribution in [1.82, 2.24) is 15.1 Å². The molecule has 2 heterocycles. The van der Waals surface area contributed by atoms with Crippen LogP contribution in [0.2, 0.25) is 0 Å². The van der Waals surface area contributed by atoms with Crippen molar-refractivity contribution < 1.29 is 19.1 Å². The van der Waals surface area contributed by atoms with Gasteiger partial charge in [0.1, 0.15) is 11.6 Å². The molecule has 1 N–H and O–H groups in total. The Labute approximate surface area is 156 Å². The SMILES string of the molecule is CCC(=O)N[C@@H](C)C(=O)N1CCC2(CC1)CN(CC(CC)CC)C(=O)O2. The lowest BCUT2D eigenvalue weighted by molar-refractivity contribution is -0.138. The lowest BCUT2D eigenvalue weighted by atomic mass is 9.90. The molecule has 0 aliphatic carbocycles. The lowest BCUT2D eigenvalue weighted by Crippen LogP contribution is -2.53. The first-order chi connectivity index (χ1) is 12.3. The van der Waals surface area contributed by atoms with Crippen LogP contribution in [0.3, 0.4) is 0 Å². The second-order valence-electron chi connectivity index (χ2n) is 7.58. The molecule has 2 rings (SSSR count). The van der Waals surface area contributed by atoms with Crippen molar-refractivity contribution in [1.29, 1.82) is 0 Å². The van der Waals surface area contributed by atoms with E-state index in [9.17, 15) is 14.4 Å². The van der Waals surface area contributed by atoms with E-state index in [2.05, 4.69) is 19.2 Å². The Balaban J connectivity index is 1.88. The molecule has 1 spiro atoms. The lowest BCUT2D eigenvalue weighted by Gasteiger charge is -2.38. The zero-order valence-corrected chi connectivity index (χ0v) is 16.5. The van der Waals surface area contributed by atoms with Crippen molar-refractivity contribution in [3.8, 4) is 0 Å². The highest BCUT2D eigenvalue weighted by Crippen LogP contribution is 2.34. The summed E-state index contributed by atoms with van der Waals surface area (Å²) in [6, 6.07) is -0.519. The minimum absolute atomic E-state index is 0.0696. The third-order valence-corrected chi connectivity index (χ3v) is 5.73. The third-order valence-electron chi connectivity index (χ3n) is 5.73. The van der Waals surface area contributed by atoms with Gasteiger partial charge in [0.05, 0.1) is 6.54 Å². The number of amides is 3. The molecule has 148 valence electrons. The standard InChI is InChI=1S/C19H33N3O4/c1-5-15(6-2)12-22-13-19(26-18(22)25)8-10-21(11-9-19)17(24)14(4)20-16(23)7-3/h14-15H,5-13H2,1-4H3,(H,20,23)/t14-/m0/s1. The zero-order valence-electron chi connectivity index (χ0n) is 16.5. The monoisotopic (exact) mass is 367 g/mol. The summed E-state index contributed by atoms with van der Waals surface area (Å²) in [5, 5.41) is 2.71. The molecule has 2 aliphatic rings. The molecule has 0 bridgehead atoms. The van der Waals surface area contributed by atoms with Crippen molar-refractivity contribution in [2.75, 3.05) is 26.2 Å². The number of nitrogens with one attached hydrogen (secondary N) is 1. The maximum absolute atomic E-state index is 12.5. The van der Waals surface area contributed by atoms with Gasteiger partial charge in [-0.1, -0.05) is 33.6 Å². The van der Waals surface area contributed by atoms with Crippen LogP contribution in [0.15, 0.2) is 0 Å². The van der Waals surface area contributed by atoms with E-state index in [4.69, 9.17) is 4.74 Å². The van der Waals surface area contributed by atoms with Gasteiger partial charge < -0.3 is 19.9 Å². The quantitative estimate of drug-likeness (QED) is 0.748. The molecule has 3 amide bonds. The van der Waals surface area contributed by atoms with Crippen LogP contribution >= 0.6 is 0 Å². The maximum atomic E-state index is 12.5. The molecule has 2 saturated heterocycles. The molecule has 0 aromatic heterocycles. The molecule has 1 atom stereocenters. The predicted molar refractivity (Wildman–Crippen MR) is 98.6 cm³/mol. The van der Waals surface area contributed by atoms with Gasteiger partial charge in [-0.2, -0.15) is 0 Å². The molecule has 26 heavy (non-hydrogen) atoms. The number of carbonyl (C=O) groups excluding carboxylic acids is 3. The van der Waals surface area contributed by atoms with Gasteiger partial charge in [-0.25, -0.2) is 4.79 Å². The number of nitrogens with zero attached hydrogens (tertiary/aromatic N) is 2. The number of rotatable bonds is 7. The summed E-state index contributed by atoms with van der Waals surface area (Å²) in [6.45, 7) is 10.2. The number of ether oxygens (including phenoxy) is 1. The largest absolute Gasteiger partial charge is 0.441 e. The summed E-state index contributed by atoms with van der Waals surface area (Å²) in [7, 11) is 0. The molecule has 0 aromatic carbocycles. The summed E-state index contributed by atoms with van der Waals surface area (Å²) in [5.41, 5.74) is -0.462. The van der Waals surface area contributed by atoms with E-state index in [1.165, 1.54) is 0 Å². The van der Waals surface area contributed by atoms with E-state index in [0.29, 0.717) is 44.8 Å². The summed E-state index contributed by atoms with van der Waals surface area (Å²) in [6.07, 6.45) is 3.55. The average molecular weight is 367 g/mol. The van der Waals surface area contributed by atoms with Gasteiger partial charge in [0.2, 0.25) is 11.8 Å². The van der Waals surface area contributed by atoms with E-state index in [-0.39, 0.29) is 17.9 Å². The van der Waals surface area contributed by atoms with Crippen LogP contribution in [-0.4, -0.2) is 65.5 Å². The van der Waals surface area contributed by atoms with Crippen molar-refractivity contribution in [2.24, 2.45) is 5.92 Å². The maximum Gasteiger partial charge on any atom is 0.410 e. The highest BCUT2D eigenvalue weighted by Gasteiger charge is 2.47. The molecule has 7 heteroatoms. The number of piperidine rings is 1. The number of hydrogen-bond acceptors (Lipinski definition) is 4. The smallest absolute Gasteiger partial charge is 0.410 e. The molecule has 2 fully saturated rings. The normalized spacial score (nSPS) is 20.4. The summed E-state index contributed by atoms with van der Waals surface area (Å²) >= 11 is 0. The molecular weight excluding hydrogens is 334 g/mol. The molecule has 7 nitrogen and oxygen atoms in total. The topological polar surface area (TPSA) is 79.0 Å². The second kappa shape index (κ2) is 8.73.